The number of aryl methyl sites for hydroxylation is 1. The molecule has 82 valence electrons. The summed E-state index contributed by atoms with van der Waals surface area (Å²) >= 11 is 0. The maximum Gasteiger partial charge on any atom is 0.121 e. The third-order valence-electron chi connectivity index (χ3n) is 2.50. The van der Waals surface area contributed by atoms with Crippen molar-refractivity contribution in [3.63, 3.8) is 0 Å². The van der Waals surface area contributed by atoms with E-state index in [4.69, 9.17) is 5.11 Å². The van der Waals surface area contributed by atoms with Gasteiger partial charge in [0, 0.05) is 6.54 Å². The summed E-state index contributed by atoms with van der Waals surface area (Å²) in [5, 5.41) is 8.61. The molecule has 0 atom stereocenters. The average molecular weight is 214 g/mol. The third-order valence-corrected chi connectivity index (χ3v) is 2.50. The summed E-state index contributed by atoms with van der Waals surface area (Å²) in [4.78, 5) is 4.53. The number of imidazole rings is 1. The Balaban J connectivity index is 2.44. The van der Waals surface area contributed by atoms with Gasteiger partial charge >= 0.3 is 0 Å². The van der Waals surface area contributed by atoms with E-state index in [2.05, 4.69) is 34.4 Å². The number of para-hydroxylation sites is 2. The van der Waals surface area contributed by atoms with Crippen LogP contribution in [0.1, 0.15) is 12.7 Å². The summed E-state index contributed by atoms with van der Waals surface area (Å²) in [6, 6.07) is 8.07. The lowest BCUT2D eigenvalue weighted by atomic mass is 10.3. The maximum atomic E-state index is 8.61. The molecular weight excluding hydrogens is 200 g/mol. The fourth-order valence-corrected chi connectivity index (χ4v) is 1.81. The first-order valence-corrected chi connectivity index (χ1v) is 5.37. The lowest BCUT2D eigenvalue weighted by Gasteiger charge is -2.02. The third kappa shape index (κ3) is 1.93. The van der Waals surface area contributed by atoms with Crippen LogP contribution in [-0.2, 0) is 13.0 Å². The van der Waals surface area contributed by atoms with E-state index in [0.717, 1.165) is 23.4 Å². The number of aliphatic hydroxyl groups excluding tert-OH is 1. The Kier molecular flexibility index (Phi) is 3.23. The van der Waals surface area contributed by atoms with Crippen molar-refractivity contribution < 1.29 is 5.11 Å². The molecule has 0 aliphatic heterocycles. The SMILES string of the molecule is CCn1c(CC#CCO)nc2ccccc21. The Morgan fingerprint density at radius 3 is 2.88 bits per heavy atom. The fraction of sp³-hybridized carbons (Fsp3) is 0.308. The number of aromatic nitrogens is 2. The van der Waals surface area contributed by atoms with Gasteiger partial charge in [0.25, 0.3) is 0 Å². The van der Waals surface area contributed by atoms with Crippen molar-refractivity contribution in [3.8, 4) is 11.8 Å². The van der Waals surface area contributed by atoms with E-state index in [-0.39, 0.29) is 6.61 Å². The van der Waals surface area contributed by atoms with Crippen molar-refractivity contribution in [2.24, 2.45) is 0 Å². The van der Waals surface area contributed by atoms with Crippen LogP contribution in [-0.4, -0.2) is 21.3 Å². The van der Waals surface area contributed by atoms with Gasteiger partial charge in [-0.2, -0.15) is 0 Å². The molecule has 0 unspecified atom stereocenters. The van der Waals surface area contributed by atoms with E-state index in [0.29, 0.717) is 6.42 Å². The van der Waals surface area contributed by atoms with Crippen LogP contribution in [0.5, 0.6) is 0 Å². The van der Waals surface area contributed by atoms with Crippen molar-refractivity contribution in [3.05, 3.63) is 30.1 Å². The highest BCUT2D eigenvalue weighted by molar-refractivity contribution is 5.75. The summed E-state index contributed by atoms with van der Waals surface area (Å²) in [5.41, 5.74) is 2.15. The molecule has 0 saturated carbocycles. The second kappa shape index (κ2) is 4.82. The van der Waals surface area contributed by atoms with E-state index in [9.17, 15) is 0 Å². The standard InChI is InChI=1S/C13H14N2O/c1-2-15-12-8-4-3-7-11(12)14-13(15)9-5-6-10-16/h3-4,7-8,16H,2,9-10H2,1H3. The zero-order valence-electron chi connectivity index (χ0n) is 9.27. The molecule has 2 aromatic rings. The van der Waals surface area contributed by atoms with E-state index in [1.54, 1.807) is 0 Å². The zero-order valence-corrected chi connectivity index (χ0v) is 9.27. The highest BCUT2D eigenvalue weighted by Gasteiger charge is 2.06. The van der Waals surface area contributed by atoms with Crippen LogP contribution in [0.2, 0.25) is 0 Å². The molecule has 1 heterocycles. The topological polar surface area (TPSA) is 38.0 Å². The van der Waals surface area contributed by atoms with Gasteiger partial charge in [-0.1, -0.05) is 24.0 Å². The van der Waals surface area contributed by atoms with Crippen LogP contribution in [0.15, 0.2) is 24.3 Å². The number of rotatable bonds is 2. The number of hydrogen-bond acceptors (Lipinski definition) is 2. The van der Waals surface area contributed by atoms with Gasteiger partial charge in [0.15, 0.2) is 0 Å². The lowest BCUT2D eigenvalue weighted by Crippen LogP contribution is -2.00. The maximum absolute atomic E-state index is 8.61. The van der Waals surface area contributed by atoms with Gasteiger partial charge in [0.1, 0.15) is 12.4 Å². The second-order valence-electron chi connectivity index (χ2n) is 3.45. The first-order valence-electron chi connectivity index (χ1n) is 5.37. The number of nitrogens with zero attached hydrogens (tertiary/aromatic N) is 2. The van der Waals surface area contributed by atoms with Gasteiger partial charge in [-0.15, -0.1) is 0 Å². The Hall–Kier alpha value is -1.79. The lowest BCUT2D eigenvalue weighted by molar-refractivity contribution is 0.350. The van der Waals surface area contributed by atoms with Crippen LogP contribution < -0.4 is 0 Å². The van der Waals surface area contributed by atoms with E-state index < -0.39 is 0 Å². The van der Waals surface area contributed by atoms with Gasteiger partial charge in [-0.3, -0.25) is 0 Å². The molecule has 1 aromatic carbocycles. The van der Waals surface area contributed by atoms with Gasteiger partial charge in [-0.05, 0) is 19.1 Å². The molecule has 2 rings (SSSR count). The Morgan fingerprint density at radius 2 is 2.12 bits per heavy atom. The van der Waals surface area contributed by atoms with Crippen LogP contribution in [0.3, 0.4) is 0 Å². The van der Waals surface area contributed by atoms with E-state index in [1.807, 2.05) is 18.2 Å². The Labute approximate surface area is 94.7 Å². The highest BCUT2D eigenvalue weighted by Crippen LogP contribution is 2.15. The number of benzene rings is 1. The number of fused-ring (bicyclic) bond motifs is 1. The highest BCUT2D eigenvalue weighted by atomic mass is 16.2. The Morgan fingerprint density at radius 1 is 1.31 bits per heavy atom. The normalized spacial score (nSPS) is 10.1. The monoisotopic (exact) mass is 214 g/mol. The fourth-order valence-electron chi connectivity index (χ4n) is 1.81. The predicted molar refractivity (Wildman–Crippen MR) is 64.0 cm³/mol. The van der Waals surface area contributed by atoms with E-state index in [1.165, 1.54) is 0 Å². The minimum atomic E-state index is -0.0909. The van der Waals surface area contributed by atoms with E-state index >= 15 is 0 Å². The molecule has 0 amide bonds. The molecule has 1 N–H and O–H groups in total. The molecule has 0 saturated heterocycles. The molecule has 0 fully saturated rings. The van der Waals surface area contributed by atoms with Crippen LogP contribution in [0.4, 0.5) is 0 Å². The molecular formula is C13H14N2O. The summed E-state index contributed by atoms with van der Waals surface area (Å²) in [6.45, 7) is 2.89. The number of hydrogen-bond donors (Lipinski definition) is 1. The van der Waals surface area contributed by atoms with Gasteiger partial charge in [-0.25, -0.2) is 4.98 Å². The van der Waals surface area contributed by atoms with Crippen LogP contribution in [0.25, 0.3) is 11.0 Å². The summed E-state index contributed by atoms with van der Waals surface area (Å²) < 4.78 is 2.15. The van der Waals surface area contributed by atoms with Crippen LogP contribution >= 0.6 is 0 Å². The molecule has 0 aliphatic rings. The smallest absolute Gasteiger partial charge is 0.121 e. The largest absolute Gasteiger partial charge is 0.384 e. The molecule has 0 bridgehead atoms. The summed E-state index contributed by atoms with van der Waals surface area (Å²) in [5.74, 6) is 6.51. The first-order chi connectivity index (χ1) is 7.86. The van der Waals surface area contributed by atoms with Gasteiger partial charge in [0.2, 0.25) is 0 Å². The Bertz CT molecular complexity index is 546. The second-order valence-corrected chi connectivity index (χ2v) is 3.45. The summed E-state index contributed by atoms with van der Waals surface area (Å²) in [6.07, 6.45) is 0.586. The van der Waals surface area contributed by atoms with Crippen molar-refractivity contribution in [1.82, 2.24) is 9.55 Å². The van der Waals surface area contributed by atoms with Gasteiger partial charge in [0.05, 0.1) is 17.5 Å². The molecule has 16 heavy (non-hydrogen) atoms. The minimum absolute atomic E-state index is 0.0909. The van der Waals surface area contributed by atoms with Crippen molar-refractivity contribution in [2.45, 2.75) is 19.9 Å². The molecule has 0 radical (unpaired) electrons. The number of aliphatic hydroxyl groups is 1. The minimum Gasteiger partial charge on any atom is -0.384 e. The van der Waals surface area contributed by atoms with Crippen LogP contribution in [0, 0.1) is 11.8 Å². The molecule has 0 spiro atoms. The molecule has 0 aliphatic carbocycles. The van der Waals surface area contributed by atoms with Gasteiger partial charge < -0.3 is 9.67 Å². The van der Waals surface area contributed by atoms with Crippen molar-refractivity contribution in [2.75, 3.05) is 6.61 Å². The quantitative estimate of drug-likeness (QED) is 0.771. The molecule has 1 aromatic heterocycles. The first kappa shape index (κ1) is 10.7. The predicted octanol–water partition coefficient (Wildman–Crippen LogP) is 1.59. The average Bonchev–Trinajstić information content (AvgIpc) is 2.67. The zero-order chi connectivity index (χ0) is 11.4. The van der Waals surface area contributed by atoms with Crippen molar-refractivity contribution in [1.29, 1.82) is 0 Å². The molecule has 3 heteroatoms. The summed E-state index contributed by atoms with van der Waals surface area (Å²) in [7, 11) is 0. The van der Waals surface area contributed by atoms with Crippen molar-refractivity contribution >= 4 is 11.0 Å². The molecule has 3 nitrogen and oxygen atoms in total.